The molecule has 0 aromatic rings. The summed E-state index contributed by atoms with van der Waals surface area (Å²) in [6.07, 6.45) is 3.41. The maximum Gasteiger partial charge on any atom is 0.316 e. The largest absolute Gasteiger partial charge is 0.465 e. The summed E-state index contributed by atoms with van der Waals surface area (Å²) >= 11 is 0. The van der Waals surface area contributed by atoms with E-state index >= 15 is 0 Å². The van der Waals surface area contributed by atoms with Crippen molar-refractivity contribution >= 4 is 11.8 Å². The van der Waals surface area contributed by atoms with Crippen LogP contribution in [-0.2, 0) is 14.3 Å². The van der Waals surface area contributed by atoms with Crippen molar-refractivity contribution in [3.8, 4) is 0 Å². The molecule has 2 atom stereocenters. The smallest absolute Gasteiger partial charge is 0.316 e. The maximum absolute atomic E-state index is 11.3. The second-order valence-electron chi connectivity index (χ2n) is 3.55. The molecule has 0 aromatic carbocycles. The van der Waals surface area contributed by atoms with Gasteiger partial charge in [0.2, 0.25) is 0 Å². The number of hydrogen-bond donors (Lipinski definition) is 0. The van der Waals surface area contributed by atoms with Gasteiger partial charge in [-0.05, 0) is 25.2 Å². The van der Waals surface area contributed by atoms with E-state index in [0.717, 1.165) is 19.3 Å². The van der Waals surface area contributed by atoms with Crippen molar-refractivity contribution in [3.63, 3.8) is 0 Å². The van der Waals surface area contributed by atoms with Gasteiger partial charge in [-0.3, -0.25) is 9.59 Å². The lowest BCUT2D eigenvalue weighted by Crippen LogP contribution is -2.40. The van der Waals surface area contributed by atoms with Gasteiger partial charge in [0, 0.05) is 6.42 Å². The molecule has 2 aliphatic rings. The lowest BCUT2D eigenvalue weighted by Gasteiger charge is -2.32. The lowest BCUT2D eigenvalue weighted by atomic mass is 9.76. The van der Waals surface area contributed by atoms with Crippen LogP contribution in [0.1, 0.15) is 25.7 Å². The predicted octanol–water partition coefficient (Wildman–Crippen LogP) is 0.919. The lowest BCUT2D eigenvalue weighted by molar-refractivity contribution is -0.162. The third kappa shape index (κ3) is 1.13. The average Bonchev–Trinajstić information content (AvgIpc) is 2.04. The number of cyclic esters (lactones) is 1. The van der Waals surface area contributed by atoms with E-state index in [1.807, 2.05) is 0 Å². The highest BCUT2D eigenvalue weighted by atomic mass is 16.5. The molecule has 66 valence electrons. The van der Waals surface area contributed by atoms with Crippen LogP contribution in [0.2, 0.25) is 0 Å². The highest BCUT2D eigenvalue weighted by Crippen LogP contribution is 2.33. The highest BCUT2D eigenvalue weighted by Gasteiger charge is 2.40. The Morgan fingerprint density at radius 2 is 2.08 bits per heavy atom. The summed E-state index contributed by atoms with van der Waals surface area (Å²) in [6, 6.07) is 0. The normalized spacial score (nSPS) is 35.7. The summed E-state index contributed by atoms with van der Waals surface area (Å²) in [5.74, 6) is -0.313. The minimum Gasteiger partial charge on any atom is -0.465 e. The fourth-order valence-electron chi connectivity index (χ4n) is 2.16. The van der Waals surface area contributed by atoms with Gasteiger partial charge in [0.25, 0.3) is 0 Å². The zero-order chi connectivity index (χ0) is 8.55. The summed E-state index contributed by atoms with van der Waals surface area (Å²) in [6.45, 7) is 0.507. The number of carbonyl (C=O) groups excluding carboxylic acids is 2. The minimum atomic E-state index is -0.410. The van der Waals surface area contributed by atoms with Gasteiger partial charge in [0.1, 0.15) is 11.7 Å². The molecule has 0 spiro atoms. The molecule has 2 fully saturated rings. The Kier molecular flexibility index (Phi) is 1.87. The summed E-state index contributed by atoms with van der Waals surface area (Å²) in [5, 5.41) is 0. The molecule has 3 heteroatoms. The van der Waals surface area contributed by atoms with Crippen LogP contribution >= 0.6 is 0 Å². The summed E-state index contributed by atoms with van der Waals surface area (Å²) in [7, 11) is 0. The van der Waals surface area contributed by atoms with Gasteiger partial charge in [-0.25, -0.2) is 0 Å². The number of esters is 1. The molecule has 2 unspecified atom stereocenters. The Morgan fingerprint density at radius 3 is 2.83 bits per heavy atom. The van der Waals surface area contributed by atoms with E-state index in [1.54, 1.807) is 0 Å². The van der Waals surface area contributed by atoms with Crippen LogP contribution in [0.25, 0.3) is 0 Å². The van der Waals surface area contributed by atoms with E-state index in [9.17, 15) is 9.59 Å². The molecule has 0 aromatic heterocycles. The van der Waals surface area contributed by atoms with Crippen LogP contribution in [0.15, 0.2) is 0 Å². The van der Waals surface area contributed by atoms with Gasteiger partial charge in [0.15, 0.2) is 0 Å². The zero-order valence-electron chi connectivity index (χ0n) is 6.91. The van der Waals surface area contributed by atoms with E-state index in [1.165, 1.54) is 0 Å². The SMILES string of the molecule is O=C1CCCC2CCOC(=O)C12. The molecule has 1 aliphatic carbocycles. The van der Waals surface area contributed by atoms with Gasteiger partial charge >= 0.3 is 5.97 Å². The van der Waals surface area contributed by atoms with Crippen LogP contribution in [-0.4, -0.2) is 18.4 Å². The molecule has 0 N–H and O–H groups in total. The quantitative estimate of drug-likeness (QED) is 0.399. The molecule has 1 saturated heterocycles. The standard InChI is InChI=1S/C9H12O3/c10-7-3-1-2-6-4-5-12-9(11)8(6)7/h6,8H,1-5H2. The predicted molar refractivity (Wildman–Crippen MR) is 41.4 cm³/mol. The zero-order valence-corrected chi connectivity index (χ0v) is 6.91. The van der Waals surface area contributed by atoms with Crippen LogP contribution < -0.4 is 0 Å². The van der Waals surface area contributed by atoms with Gasteiger partial charge in [-0.2, -0.15) is 0 Å². The first-order chi connectivity index (χ1) is 5.79. The first-order valence-corrected chi connectivity index (χ1v) is 4.48. The van der Waals surface area contributed by atoms with Crippen molar-refractivity contribution in [2.75, 3.05) is 6.61 Å². The summed E-state index contributed by atoms with van der Waals surface area (Å²) < 4.78 is 4.86. The van der Waals surface area contributed by atoms with Crippen molar-refractivity contribution in [3.05, 3.63) is 0 Å². The van der Waals surface area contributed by atoms with Crippen LogP contribution in [0.4, 0.5) is 0 Å². The Morgan fingerprint density at radius 1 is 1.25 bits per heavy atom. The molecule has 1 heterocycles. The van der Waals surface area contributed by atoms with E-state index in [-0.39, 0.29) is 17.7 Å². The Balaban J connectivity index is 2.17. The monoisotopic (exact) mass is 168 g/mol. The second-order valence-corrected chi connectivity index (χ2v) is 3.55. The highest BCUT2D eigenvalue weighted by molar-refractivity contribution is 6.00. The maximum atomic E-state index is 11.3. The topological polar surface area (TPSA) is 43.4 Å². The van der Waals surface area contributed by atoms with E-state index in [0.29, 0.717) is 13.0 Å². The fourth-order valence-corrected chi connectivity index (χ4v) is 2.16. The molecule has 12 heavy (non-hydrogen) atoms. The minimum absolute atomic E-state index is 0.0935. The summed E-state index contributed by atoms with van der Waals surface area (Å²) in [5.41, 5.74) is 0. The number of ketones is 1. The second kappa shape index (κ2) is 2.88. The number of Topliss-reactive ketones (excluding diaryl/α,β-unsaturated/α-hetero) is 1. The molecule has 1 aliphatic heterocycles. The first kappa shape index (κ1) is 7.77. The van der Waals surface area contributed by atoms with Gasteiger partial charge in [0.05, 0.1) is 6.61 Å². The third-order valence-corrected chi connectivity index (χ3v) is 2.80. The number of carbonyl (C=O) groups is 2. The average molecular weight is 168 g/mol. The number of fused-ring (bicyclic) bond motifs is 1. The van der Waals surface area contributed by atoms with E-state index in [4.69, 9.17) is 4.74 Å². The van der Waals surface area contributed by atoms with Gasteiger partial charge < -0.3 is 4.74 Å². The Bertz CT molecular complexity index is 200. The van der Waals surface area contributed by atoms with Crippen molar-refractivity contribution < 1.29 is 14.3 Å². The van der Waals surface area contributed by atoms with E-state index in [2.05, 4.69) is 0 Å². The molecule has 0 radical (unpaired) electrons. The fraction of sp³-hybridized carbons (Fsp3) is 0.778. The molecule has 2 rings (SSSR count). The molecule has 1 saturated carbocycles. The van der Waals surface area contributed by atoms with Crippen LogP contribution in [0, 0.1) is 11.8 Å². The Labute approximate surface area is 71.1 Å². The van der Waals surface area contributed by atoms with Crippen molar-refractivity contribution in [1.29, 1.82) is 0 Å². The van der Waals surface area contributed by atoms with Crippen molar-refractivity contribution in [2.24, 2.45) is 11.8 Å². The van der Waals surface area contributed by atoms with E-state index < -0.39 is 5.92 Å². The van der Waals surface area contributed by atoms with Crippen LogP contribution in [0.5, 0.6) is 0 Å². The number of ether oxygens (including phenoxy) is 1. The molecular weight excluding hydrogens is 156 g/mol. The molecule has 3 nitrogen and oxygen atoms in total. The number of rotatable bonds is 0. The molecule has 0 bridgehead atoms. The first-order valence-electron chi connectivity index (χ1n) is 4.48. The van der Waals surface area contributed by atoms with Crippen molar-refractivity contribution in [2.45, 2.75) is 25.7 Å². The Hall–Kier alpha value is -0.860. The molecular formula is C9H12O3. The third-order valence-electron chi connectivity index (χ3n) is 2.80. The van der Waals surface area contributed by atoms with Crippen molar-refractivity contribution in [1.82, 2.24) is 0 Å². The van der Waals surface area contributed by atoms with Gasteiger partial charge in [-0.15, -0.1) is 0 Å². The van der Waals surface area contributed by atoms with Gasteiger partial charge in [-0.1, -0.05) is 0 Å². The van der Waals surface area contributed by atoms with Crippen LogP contribution in [0.3, 0.4) is 0 Å². The number of hydrogen-bond acceptors (Lipinski definition) is 3. The molecule has 0 amide bonds. The summed E-state index contributed by atoms with van der Waals surface area (Å²) in [4.78, 5) is 22.5.